The van der Waals surface area contributed by atoms with Gasteiger partial charge in [0.05, 0.1) is 5.69 Å². The van der Waals surface area contributed by atoms with E-state index in [9.17, 15) is 9.59 Å². The van der Waals surface area contributed by atoms with Crippen LogP contribution >= 0.6 is 11.6 Å². The van der Waals surface area contributed by atoms with E-state index in [0.717, 1.165) is 4.57 Å². The van der Waals surface area contributed by atoms with Gasteiger partial charge in [0.2, 0.25) is 0 Å². The standard InChI is InChI=1S/C11H13ClN4O2/c1-5(2)6-8(12)14-9-7(13-6)10(17)16(4)11(18)15(9)3/h5H,1-4H3. The van der Waals surface area contributed by atoms with Gasteiger partial charge in [0.1, 0.15) is 0 Å². The summed E-state index contributed by atoms with van der Waals surface area (Å²) < 4.78 is 2.27. The van der Waals surface area contributed by atoms with Crippen molar-refractivity contribution in [2.24, 2.45) is 14.1 Å². The van der Waals surface area contributed by atoms with Crippen LogP contribution in [0.15, 0.2) is 9.59 Å². The van der Waals surface area contributed by atoms with Crippen molar-refractivity contribution >= 4 is 22.8 Å². The largest absolute Gasteiger partial charge is 0.332 e. The van der Waals surface area contributed by atoms with E-state index in [1.807, 2.05) is 13.8 Å². The second-order valence-electron chi connectivity index (χ2n) is 4.43. The molecule has 18 heavy (non-hydrogen) atoms. The molecule has 7 heteroatoms. The molecule has 0 aliphatic heterocycles. The molecule has 0 aliphatic rings. The summed E-state index contributed by atoms with van der Waals surface area (Å²) in [4.78, 5) is 32.1. The van der Waals surface area contributed by atoms with Gasteiger partial charge in [-0.05, 0) is 5.92 Å². The van der Waals surface area contributed by atoms with E-state index in [1.165, 1.54) is 18.7 Å². The maximum atomic E-state index is 12.0. The Balaban J connectivity index is 3.04. The molecular weight excluding hydrogens is 256 g/mol. The van der Waals surface area contributed by atoms with Gasteiger partial charge in [0, 0.05) is 14.1 Å². The molecule has 96 valence electrons. The minimum atomic E-state index is -0.459. The molecule has 2 rings (SSSR count). The van der Waals surface area contributed by atoms with Crippen LogP contribution in [0.3, 0.4) is 0 Å². The van der Waals surface area contributed by atoms with Gasteiger partial charge in [-0.3, -0.25) is 13.9 Å². The maximum Gasteiger partial charge on any atom is 0.332 e. The van der Waals surface area contributed by atoms with Gasteiger partial charge < -0.3 is 0 Å². The molecule has 2 aromatic heterocycles. The zero-order chi connectivity index (χ0) is 13.6. The zero-order valence-corrected chi connectivity index (χ0v) is 11.3. The van der Waals surface area contributed by atoms with Crippen molar-refractivity contribution in [1.82, 2.24) is 19.1 Å². The Morgan fingerprint density at radius 2 is 1.72 bits per heavy atom. The third-order valence-electron chi connectivity index (χ3n) is 2.81. The Bertz CT molecular complexity index is 745. The minimum absolute atomic E-state index is 0.0522. The number of halogens is 1. The predicted octanol–water partition coefficient (Wildman–Crippen LogP) is 0.804. The summed E-state index contributed by atoms with van der Waals surface area (Å²) in [6, 6.07) is 0. The van der Waals surface area contributed by atoms with Crippen molar-refractivity contribution in [1.29, 1.82) is 0 Å². The van der Waals surface area contributed by atoms with Gasteiger partial charge in [0.25, 0.3) is 5.56 Å². The van der Waals surface area contributed by atoms with Crippen LogP contribution in [-0.4, -0.2) is 19.1 Å². The van der Waals surface area contributed by atoms with Gasteiger partial charge in [0.15, 0.2) is 16.3 Å². The van der Waals surface area contributed by atoms with E-state index in [0.29, 0.717) is 5.69 Å². The van der Waals surface area contributed by atoms with Crippen LogP contribution in [0.1, 0.15) is 25.5 Å². The lowest BCUT2D eigenvalue weighted by molar-refractivity contribution is 0.700. The SMILES string of the molecule is CC(C)c1nc2c(=O)n(C)c(=O)n(C)c2nc1Cl. The lowest BCUT2D eigenvalue weighted by Gasteiger charge is -2.10. The quantitative estimate of drug-likeness (QED) is 0.767. The molecule has 0 amide bonds. The van der Waals surface area contributed by atoms with Gasteiger partial charge >= 0.3 is 5.69 Å². The first-order valence-electron chi connectivity index (χ1n) is 5.47. The average Bonchev–Trinajstić information content (AvgIpc) is 2.33. The van der Waals surface area contributed by atoms with Crippen molar-refractivity contribution in [3.8, 4) is 0 Å². The summed E-state index contributed by atoms with van der Waals surface area (Å²) >= 11 is 6.02. The van der Waals surface area contributed by atoms with Crippen LogP contribution in [0.5, 0.6) is 0 Å². The molecule has 2 heterocycles. The summed E-state index contributed by atoms with van der Waals surface area (Å²) in [5.41, 5.74) is 0.0134. The Morgan fingerprint density at radius 1 is 1.11 bits per heavy atom. The Hall–Kier alpha value is -1.69. The normalized spacial score (nSPS) is 11.4. The highest BCUT2D eigenvalue weighted by Gasteiger charge is 2.16. The average molecular weight is 269 g/mol. The van der Waals surface area contributed by atoms with Crippen LogP contribution < -0.4 is 11.2 Å². The van der Waals surface area contributed by atoms with E-state index in [4.69, 9.17) is 11.6 Å². The first-order valence-corrected chi connectivity index (χ1v) is 5.85. The molecule has 0 bridgehead atoms. The highest BCUT2D eigenvalue weighted by Crippen LogP contribution is 2.21. The Morgan fingerprint density at radius 3 is 2.28 bits per heavy atom. The van der Waals surface area contributed by atoms with Crippen molar-refractivity contribution in [3.63, 3.8) is 0 Å². The van der Waals surface area contributed by atoms with E-state index < -0.39 is 11.2 Å². The summed E-state index contributed by atoms with van der Waals surface area (Å²) in [7, 11) is 2.94. The van der Waals surface area contributed by atoms with Crippen molar-refractivity contribution in [3.05, 3.63) is 31.7 Å². The summed E-state index contributed by atoms with van der Waals surface area (Å²) in [6.07, 6.45) is 0. The first-order chi connectivity index (χ1) is 8.34. The molecule has 0 aromatic carbocycles. The number of rotatable bonds is 1. The van der Waals surface area contributed by atoms with Crippen LogP contribution in [0.25, 0.3) is 11.2 Å². The second-order valence-corrected chi connectivity index (χ2v) is 4.79. The highest BCUT2D eigenvalue weighted by molar-refractivity contribution is 6.30. The summed E-state index contributed by atoms with van der Waals surface area (Å²) in [6.45, 7) is 3.82. The van der Waals surface area contributed by atoms with E-state index in [2.05, 4.69) is 9.97 Å². The topological polar surface area (TPSA) is 69.8 Å². The fourth-order valence-electron chi connectivity index (χ4n) is 1.73. The molecular formula is C11H13ClN4O2. The van der Waals surface area contributed by atoms with Crippen molar-refractivity contribution < 1.29 is 0 Å². The molecule has 6 nitrogen and oxygen atoms in total. The molecule has 0 aliphatic carbocycles. The van der Waals surface area contributed by atoms with Gasteiger partial charge in [-0.15, -0.1) is 0 Å². The van der Waals surface area contributed by atoms with E-state index >= 15 is 0 Å². The van der Waals surface area contributed by atoms with Crippen LogP contribution in [0.2, 0.25) is 5.15 Å². The first kappa shape index (κ1) is 12.8. The molecule has 0 atom stereocenters. The van der Waals surface area contributed by atoms with Crippen molar-refractivity contribution in [2.45, 2.75) is 19.8 Å². The molecule has 0 saturated carbocycles. The van der Waals surface area contributed by atoms with Gasteiger partial charge in [-0.1, -0.05) is 25.4 Å². The number of aryl methyl sites for hydroxylation is 1. The maximum absolute atomic E-state index is 12.0. The third-order valence-corrected chi connectivity index (χ3v) is 3.08. The second kappa shape index (κ2) is 4.20. The van der Waals surface area contributed by atoms with Gasteiger partial charge in [-0.25, -0.2) is 14.8 Å². The van der Waals surface area contributed by atoms with Crippen LogP contribution in [-0.2, 0) is 14.1 Å². The molecule has 0 N–H and O–H groups in total. The molecule has 0 unspecified atom stereocenters. The number of hydrogen-bond donors (Lipinski definition) is 0. The summed E-state index contributed by atoms with van der Waals surface area (Å²) in [5.74, 6) is 0.0522. The molecule has 0 saturated heterocycles. The fraction of sp³-hybridized carbons (Fsp3) is 0.455. The van der Waals surface area contributed by atoms with Gasteiger partial charge in [-0.2, -0.15) is 0 Å². The molecule has 0 radical (unpaired) electrons. The molecule has 0 fully saturated rings. The third kappa shape index (κ3) is 1.73. The lowest BCUT2D eigenvalue weighted by atomic mass is 10.1. The monoisotopic (exact) mass is 268 g/mol. The predicted molar refractivity (Wildman–Crippen MR) is 69.1 cm³/mol. The van der Waals surface area contributed by atoms with Crippen molar-refractivity contribution in [2.75, 3.05) is 0 Å². The smallest absolute Gasteiger partial charge is 0.279 e. The Labute approximate surface area is 108 Å². The number of fused-ring (bicyclic) bond motifs is 1. The van der Waals surface area contributed by atoms with Crippen LogP contribution in [0, 0.1) is 0 Å². The minimum Gasteiger partial charge on any atom is -0.279 e. The zero-order valence-electron chi connectivity index (χ0n) is 10.6. The molecule has 2 aromatic rings. The number of hydrogen-bond acceptors (Lipinski definition) is 4. The summed E-state index contributed by atoms with van der Waals surface area (Å²) in [5, 5.41) is 0.223. The molecule has 0 spiro atoms. The van der Waals surface area contributed by atoms with Crippen LogP contribution in [0.4, 0.5) is 0 Å². The number of aromatic nitrogens is 4. The van der Waals surface area contributed by atoms with E-state index in [1.54, 1.807) is 0 Å². The fourth-order valence-corrected chi connectivity index (χ4v) is 2.07. The number of nitrogens with zero attached hydrogens (tertiary/aromatic N) is 4. The highest BCUT2D eigenvalue weighted by atomic mass is 35.5. The lowest BCUT2D eigenvalue weighted by Crippen LogP contribution is -2.38. The van der Waals surface area contributed by atoms with E-state index in [-0.39, 0.29) is 22.2 Å². The Kier molecular flexibility index (Phi) is 2.98.